The quantitative estimate of drug-likeness (QED) is 0.592. The molecule has 0 spiro atoms. The van der Waals surface area contributed by atoms with Crippen LogP contribution in [0.15, 0.2) is 0 Å². The minimum atomic E-state index is -2.86. The number of nitrogens with zero attached hydrogens (tertiary/aromatic N) is 1. The van der Waals surface area contributed by atoms with Gasteiger partial charge in [0.2, 0.25) is 0 Å². The van der Waals surface area contributed by atoms with Crippen molar-refractivity contribution in [2.75, 3.05) is 18.1 Å². The van der Waals surface area contributed by atoms with E-state index >= 15 is 0 Å². The predicted molar refractivity (Wildman–Crippen MR) is 68.2 cm³/mol. The van der Waals surface area contributed by atoms with Crippen LogP contribution in [-0.4, -0.2) is 48.6 Å². The van der Waals surface area contributed by atoms with Gasteiger partial charge in [-0.2, -0.15) is 0 Å². The van der Waals surface area contributed by atoms with E-state index in [1.54, 1.807) is 0 Å². The lowest BCUT2D eigenvalue weighted by molar-refractivity contribution is 0.346. The standard InChI is InChI=1S/C10H18N2O2S2/c1-2-3-4-5-12-9-7-16(13,14)6-8(9)11-10(12)15/h8-9H,2-7H2,1H3,(H,11,15)/t8-,9-/m0/s1. The van der Waals surface area contributed by atoms with Crippen molar-refractivity contribution in [3.8, 4) is 0 Å². The molecular formula is C10H18N2O2S2. The summed E-state index contributed by atoms with van der Waals surface area (Å²) in [6, 6.07) is 0.105. The molecule has 2 fully saturated rings. The van der Waals surface area contributed by atoms with Gasteiger partial charge in [0.25, 0.3) is 0 Å². The first-order valence-electron chi connectivity index (χ1n) is 5.81. The summed E-state index contributed by atoms with van der Waals surface area (Å²) in [7, 11) is -2.86. The predicted octanol–water partition coefficient (Wildman–Crippen LogP) is 0.532. The van der Waals surface area contributed by atoms with Crippen molar-refractivity contribution in [3.63, 3.8) is 0 Å². The fourth-order valence-electron chi connectivity index (χ4n) is 2.47. The highest BCUT2D eigenvalue weighted by atomic mass is 32.2. The lowest BCUT2D eigenvalue weighted by Gasteiger charge is -2.22. The Hall–Kier alpha value is -0.360. The molecule has 0 aromatic rings. The average molecular weight is 262 g/mol. The lowest BCUT2D eigenvalue weighted by Crippen LogP contribution is -2.37. The van der Waals surface area contributed by atoms with E-state index in [9.17, 15) is 8.42 Å². The second-order valence-corrected chi connectivity index (χ2v) is 7.14. The van der Waals surface area contributed by atoms with Crippen LogP contribution in [-0.2, 0) is 9.84 Å². The van der Waals surface area contributed by atoms with Crippen LogP contribution in [0.3, 0.4) is 0 Å². The van der Waals surface area contributed by atoms with Crippen LogP contribution in [0.4, 0.5) is 0 Å². The molecule has 0 aromatic carbocycles. The Balaban J connectivity index is 1.99. The van der Waals surface area contributed by atoms with Crippen LogP contribution < -0.4 is 5.32 Å². The molecular weight excluding hydrogens is 244 g/mol. The Morgan fingerprint density at radius 2 is 2.19 bits per heavy atom. The van der Waals surface area contributed by atoms with Crippen molar-refractivity contribution in [2.24, 2.45) is 0 Å². The van der Waals surface area contributed by atoms with E-state index in [2.05, 4.69) is 17.1 Å². The summed E-state index contributed by atoms with van der Waals surface area (Å²) in [4.78, 5) is 2.07. The molecule has 0 radical (unpaired) electrons. The van der Waals surface area contributed by atoms with Crippen molar-refractivity contribution in [1.29, 1.82) is 0 Å². The van der Waals surface area contributed by atoms with Gasteiger partial charge in [-0.3, -0.25) is 0 Å². The van der Waals surface area contributed by atoms with E-state index in [1.165, 1.54) is 12.8 Å². The maximum absolute atomic E-state index is 11.5. The van der Waals surface area contributed by atoms with E-state index in [4.69, 9.17) is 12.2 Å². The first-order valence-corrected chi connectivity index (χ1v) is 8.04. The second kappa shape index (κ2) is 4.49. The summed E-state index contributed by atoms with van der Waals surface area (Å²) in [5.74, 6) is 0.499. The van der Waals surface area contributed by atoms with E-state index in [0.717, 1.165) is 18.1 Å². The Morgan fingerprint density at radius 1 is 1.44 bits per heavy atom. The maximum atomic E-state index is 11.5. The van der Waals surface area contributed by atoms with Crippen LogP contribution in [0.2, 0.25) is 0 Å². The molecule has 4 nitrogen and oxygen atoms in total. The SMILES string of the molecule is CCCCCN1C(=S)N[C@H]2CS(=O)(=O)C[C@@H]21. The largest absolute Gasteiger partial charge is 0.357 e. The molecule has 2 saturated heterocycles. The third-order valence-electron chi connectivity index (χ3n) is 3.30. The van der Waals surface area contributed by atoms with Crippen molar-refractivity contribution >= 4 is 27.2 Å². The molecule has 2 aliphatic heterocycles. The molecule has 0 saturated carbocycles. The molecule has 2 rings (SSSR count). The minimum absolute atomic E-state index is 0.0270. The van der Waals surface area contributed by atoms with Gasteiger partial charge in [-0.15, -0.1) is 0 Å². The van der Waals surface area contributed by atoms with Gasteiger partial charge in [-0.1, -0.05) is 19.8 Å². The van der Waals surface area contributed by atoms with Crippen LogP contribution in [0.25, 0.3) is 0 Å². The zero-order valence-corrected chi connectivity index (χ0v) is 11.1. The van der Waals surface area contributed by atoms with Gasteiger partial charge in [0.15, 0.2) is 14.9 Å². The molecule has 1 N–H and O–H groups in total. The van der Waals surface area contributed by atoms with Gasteiger partial charge < -0.3 is 10.2 Å². The molecule has 0 amide bonds. The van der Waals surface area contributed by atoms with Gasteiger partial charge in [0.05, 0.1) is 23.6 Å². The van der Waals surface area contributed by atoms with Crippen molar-refractivity contribution in [2.45, 2.75) is 38.3 Å². The van der Waals surface area contributed by atoms with Crippen LogP contribution in [0, 0.1) is 0 Å². The Kier molecular flexibility index (Phi) is 3.39. The average Bonchev–Trinajstić information content (AvgIpc) is 2.60. The van der Waals surface area contributed by atoms with E-state index in [1.807, 2.05) is 0 Å². The normalized spacial score (nSPS) is 31.6. The molecule has 2 atom stereocenters. The fraction of sp³-hybridized carbons (Fsp3) is 0.900. The zero-order valence-electron chi connectivity index (χ0n) is 9.48. The highest BCUT2D eigenvalue weighted by Crippen LogP contribution is 2.24. The molecule has 92 valence electrons. The summed E-state index contributed by atoms with van der Waals surface area (Å²) in [5, 5.41) is 3.86. The summed E-state index contributed by atoms with van der Waals surface area (Å²) >= 11 is 5.24. The fourth-order valence-corrected chi connectivity index (χ4v) is 4.77. The third kappa shape index (κ3) is 2.32. The Labute approximate surface area is 102 Å². The first kappa shape index (κ1) is 12.1. The maximum Gasteiger partial charge on any atom is 0.169 e. The number of nitrogens with one attached hydrogen (secondary N) is 1. The van der Waals surface area contributed by atoms with Crippen LogP contribution in [0.1, 0.15) is 26.2 Å². The Bertz CT molecular complexity index is 380. The highest BCUT2D eigenvalue weighted by molar-refractivity contribution is 7.91. The van der Waals surface area contributed by atoms with Crippen LogP contribution >= 0.6 is 12.2 Å². The summed E-state index contributed by atoms with van der Waals surface area (Å²) in [5.41, 5.74) is 0. The molecule has 2 aliphatic rings. The van der Waals surface area contributed by atoms with Crippen molar-refractivity contribution in [3.05, 3.63) is 0 Å². The van der Waals surface area contributed by atoms with Gasteiger partial charge >= 0.3 is 0 Å². The van der Waals surface area contributed by atoms with Gasteiger partial charge in [0.1, 0.15) is 0 Å². The first-order chi connectivity index (χ1) is 7.53. The third-order valence-corrected chi connectivity index (χ3v) is 5.36. The summed E-state index contributed by atoms with van der Waals surface area (Å²) in [6.07, 6.45) is 3.42. The summed E-state index contributed by atoms with van der Waals surface area (Å²) < 4.78 is 23.0. The number of unbranched alkanes of at least 4 members (excludes halogenated alkanes) is 2. The zero-order chi connectivity index (χ0) is 11.8. The molecule has 0 bridgehead atoms. The molecule has 0 aromatic heterocycles. The number of hydrogen-bond acceptors (Lipinski definition) is 3. The molecule has 0 unspecified atom stereocenters. The number of fused-ring (bicyclic) bond motifs is 1. The van der Waals surface area contributed by atoms with Crippen LogP contribution in [0.5, 0.6) is 0 Å². The van der Waals surface area contributed by atoms with E-state index in [-0.39, 0.29) is 23.6 Å². The Morgan fingerprint density at radius 3 is 2.88 bits per heavy atom. The van der Waals surface area contributed by atoms with Gasteiger partial charge in [-0.05, 0) is 18.6 Å². The summed E-state index contributed by atoms with van der Waals surface area (Å²) in [6.45, 7) is 3.04. The number of rotatable bonds is 4. The molecule has 16 heavy (non-hydrogen) atoms. The molecule has 2 heterocycles. The highest BCUT2D eigenvalue weighted by Gasteiger charge is 2.46. The lowest BCUT2D eigenvalue weighted by atomic mass is 10.1. The monoisotopic (exact) mass is 262 g/mol. The molecule has 6 heteroatoms. The second-order valence-electron chi connectivity index (χ2n) is 4.60. The number of sulfone groups is 1. The van der Waals surface area contributed by atoms with Crippen molar-refractivity contribution in [1.82, 2.24) is 10.2 Å². The van der Waals surface area contributed by atoms with E-state index < -0.39 is 9.84 Å². The van der Waals surface area contributed by atoms with E-state index in [0.29, 0.717) is 0 Å². The number of hydrogen-bond donors (Lipinski definition) is 1. The number of thiocarbonyl (C=S) groups is 1. The topological polar surface area (TPSA) is 49.4 Å². The molecule has 0 aliphatic carbocycles. The van der Waals surface area contributed by atoms with Gasteiger partial charge in [-0.25, -0.2) is 8.42 Å². The van der Waals surface area contributed by atoms with Gasteiger partial charge in [0, 0.05) is 6.54 Å². The smallest absolute Gasteiger partial charge is 0.169 e. The van der Waals surface area contributed by atoms with Crippen molar-refractivity contribution < 1.29 is 8.42 Å². The minimum Gasteiger partial charge on any atom is -0.357 e.